The van der Waals surface area contributed by atoms with E-state index in [1.165, 1.54) is 118 Å². The molecular weight excluding hydrogens is 990 g/mol. The maximum Gasteiger partial charge on any atom is 0.252 e. The molecule has 0 atom stereocenters. The van der Waals surface area contributed by atoms with Crippen molar-refractivity contribution in [3.8, 4) is 22.3 Å². The summed E-state index contributed by atoms with van der Waals surface area (Å²) in [6.07, 6.45) is 3.41. The third-order valence-corrected chi connectivity index (χ3v) is 19.5. The summed E-state index contributed by atoms with van der Waals surface area (Å²) in [5.41, 5.74) is 29.3. The first kappa shape index (κ1) is 53.7. The number of aryl methyl sites for hydroxylation is 1. The molecule has 0 unspecified atom stereocenters. The second kappa shape index (κ2) is 18.7. The van der Waals surface area contributed by atoms with Crippen LogP contribution >= 0.6 is 0 Å². The Kier molecular flexibility index (Phi) is 12.3. The summed E-state index contributed by atoms with van der Waals surface area (Å²) in [6.45, 7) is 36.1. The molecule has 0 amide bonds. The maximum atomic E-state index is 2.74. The normalized spacial score (nSPS) is 16.9. The summed E-state index contributed by atoms with van der Waals surface area (Å²) in [4.78, 5) is 7.85. The van der Waals surface area contributed by atoms with Gasteiger partial charge in [0, 0.05) is 45.4 Å². The Labute approximate surface area is 491 Å². The molecule has 2 heterocycles. The highest BCUT2D eigenvalue weighted by molar-refractivity contribution is 7.00. The van der Waals surface area contributed by atoms with E-state index in [1.807, 2.05) is 0 Å². The molecule has 2 aliphatic carbocycles. The van der Waals surface area contributed by atoms with E-state index < -0.39 is 0 Å². The second-order valence-corrected chi connectivity index (χ2v) is 29.3. The van der Waals surface area contributed by atoms with Crippen LogP contribution in [0.3, 0.4) is 0 Å². The largest absolute Gasteiger partial charge is 0.311 e. The number of fused-ring (bicyclic) bond motifs is 6. The Bertz CT molecular complexity index is 3960. The van der Waals surface area contributed by atoms with Crippen LogP contribution in [0.1, 0.15) is 155 Å². The predicted octanol–water partition coefficient (Wildman–Crippen LogP) is 19.8. The first-order valence-electron chi connectivity index (χ1n) is 30.3. The second-order valence-electron chi connectivity index (χ2n) is 29.3. The molecule has 412 valence electrons. The van der Waals surface area contributed by atoms with E-state index in [-0.39, 0.29) is 39.2 Å². The van der Waals surface area contributed by atoms with Crippen molar-refractivity contribution in [3.05, 3.63) is 227 Å². The van der Waals surface area contributed by atoms with Gasteiger partial charge in [-0.25, -0.2) is 0 Å². The number of hydrogen-bond donors (Lipinski definition) is 0. The average Bonchev–Trinajstić information content (AvgIpc) is 1.19. The summed E-state index contributed by atoms with van der Waals surface area (Å²) in [7, 11) is 0. The summed E-state index contributed by atoms with van der Waals surface area (Å²) in [5.74, 6) is 0. The van der Waals surface area contributed by atoms with Crippen molar-refractivity contribution in [2.75, 3.05) is 14.7 Å². The first-order valence-corrected chi connectivity index (χ1v) is 30.3. The van der Waals surface area contributed by atoms with Gasteiger partial charge in [0.15, 0.2) is 0 Å². The van der Waals surface area contributed by atoms with E-state index in [0.29, 0.717) is 0 Å². The lowest BCUT2D eigenvalue weighted by Crippen LogP contribution is -2.61. The number of anilines is 9. The zero-order valence-corrected chi connectivity index (χ0v) is 51.4. The smallest absolute Gasteiger partial charge is 0.252 e. The summed E-state index contributed by atoms with van der Waals surface area (Å²) < 4.78 is 0. The van der Waals surface area contributed by atoms with E-state index in [0.717, 1.165) is 29.9 Å². The van der Waals surface area contributed by atoms with Gasteiger partial charge in [-0.15, -0.1) is 0 Å². The fourth-order valence-electron chi connectivity index (χ4n) is 15.1. The van der Waals surface area contributed by atoms with Crippen LogP contribution in [0.15, 0.2) is 188 Å². The lowest BCUT2D eigenvalue weighted by Gasteiger charge is -2.46. The van der Waals surface area contributed by atoms with Crippen molar-refractivity contribution in [2.45, 2.75) is 156 Å². The molecule has 4 heteroatoms. The number of nitrogens with zero attached hydrogens (tertiary/aromatic N) is 3. The third-order valence-electron chi connectivity index (χ3n) is 19.5. The molecule has 0 saturated heterocycles. The summed E-state index contributed by atoms with van der Waals surface area (Å²) in [5, 5.41) is 0. The Hall–Kier alpha value is -7.56. The molecule has 0 N–H and O–H groups in total. The molecule has 0 fully saturated rings. The van der Waals surface area contributed by atoms with Gasteiger partial charge in [-0.05, 0) is 197 Å². The van der Waals surface area contributed by atoms with Gasteiger partial charge < -0.3 is 14.7 Å². The Morgan fingerprint density at radius 2 is 0.866 bits per heavy atom. The SMILES string of the molecule is Cc1cc(C(C)(C)C)ccc1N1c2ccc(-c3ccccc3)cc2B2c3cc4c(cc3N(c3ccc(C(C)(C)C)cc3-c3ccc5c(c3)C(C)(C)CCC5(C)C)c3cc(N(c5ccccc5)c5ccccc5)cc1c32)C(C)(C)CC4(C)C. The molecule has 4 aliphatic rings. The number of hydrogen-bond acceptors (Lipinski definition) is 3. The Morgan fingerprint density at radius 3 is 1.45 bits per heavy atom. The van der Waals surface area contributed by atoms with Gasteiger partial charge in [-0.3, -0.25) is 0 Å². The minimum absolute atomic E-state index is 0.0131. The lowest BCUT2D eigenvalue weighted by atomic mass is 9.33. The van der Waals surface area contributed by atoms with Gasteiger partial charge in [0.2, 0.25) is 0 Å². The minimum Gasteiger partial charge on any atom is -0.311 e. The molecule has 13 rings (SSSR count). The molecule has 82 heavy (non-hydrogen) atoms. The van der Waals surface area contributed by atoms with E-state index in [2.05, 4.69) is 307 Å². The topological polar surface area (TPSA) is 9.72 Å². The first-order chi connectivity index (χ1) is 38.8. The highest BCUT2D eigenvalue weighted by atomic mass is 15.2. The summed E-state index contributed by atoms with van der Waals surface area (Å²) in [6, 6.07) is 73.0. The highest BCUT2D eigenvalue weighted by Crippen LogP contribution is 2.56. The zero-order valence-electron chi connectivity index (χ0n) is 51.4. The van der Waals surface area contributed by atoms with Crippen molar-refractivity contribution in [1.82, 2.24) is 0 Å². The monoisotopic (exact) mass is 1070 g/mol. The number of benzene rings is 9. The molecule has 0 aromatic heterocycles. The quantitative estimate of drug-likeness (QED) is 0.147. The van der Waals surface area contributed by atoms with Crippen LogP contribution in [0.5, 0.6) is 0 Å². The van der Waals surface area contributed by atoms with Crippen LogP contribution in [0, 0.1) is 6.92 Å². The Morgan fingerprint density at radius 1 is 0.378 bits per heavy atom. The van der Waals surface area contributed by atoms with Crippen molar-refractivity contribution in [3.63, 3.8) is 0 Å². The van der Waals surface area contributed by atoms with Crippen molar-refractivity contribution in [2.24, 2.45) is 0 Å². The van der Waals surface area contributed by atoms with E-state index >= 15 is 0 Å². The van der Waals surface area contributed by atoms with Gasteiger partial charge in [0.05, 0.1) is 11.4 Å². The van der Waals surface area contributed by atoms with Crippen molar-refractivity contribution >= 4 is 74.3 Å². The lowest BCUT2D eigenvalue weighted by molar-refractivity contribution is 0.332. The number of rotatable bonds is 7. The molecule has 0 spiro atoms. The summed E-state index contributed by atoms with van der Waals surface area (Å²) >= 11 is 0. The standard InChI is InChI=1S/C78H82BN3/c1-50-41-54(73(2,3)4)33-37-66(50)81-68-36-32-52(51-25-19-16-20-26-51)43-64(68)79-65-47-62-63(78(14,15)49-77(62,12)13)48-69(65)82(71-46-58(45-70(81)72(71)79)80(56-27-21-17-22-28-56)57-29-23-18-24-30-57)67-38-34-55(74(5,6)7)44-59(67)53-31-35-60-61(42-53)76(10,11)40-39-75(60,8)9/h16-38,41-48H,39-40,49H2,1-15H3. The fraction of sp³-hybridized carbons (Fsp3) is 0.308. The molecular formula is C78H82BN3. The molecule has 2 aliphatic heterocycles. The van der Waals surface area contributed by atoms with E-state index in [9.17, 15) is 0 Å². The van der Waals surface area contributed by atoms with Gasteiger partial charge in [-0.1, -0.05) is 218 Å². The van der Waals surface area contributed by atoms with E-state index in [4.69, 9.17) is 0 Å². The molecule has 3 nitrogen and oxygen atoms in total. The van der Waals surface area contributed by atoms with Gasteiger partial charge in [0.25, 0.3) is 6.71 Å². The van der Waals surface area contributed by atoms with Crippen LogP contribution < -0.4 is 31.1 Å². The molecule has 9 aromatic carbocycles. The highest BCUT2D eigenvalue weighted by Gasteiger charge is 2.49. The molecule has 0 bridgehead atoms. The van der Waals surface area contributed by atoms with Crippen LogP contribution in [0.25, 0.3) is 22.3 Å². The van der Waals surface area contributed by atoms with Gasteiger partial charge in [0.1, 0.15) is 0 Å². The fourth-order valence-corrected chi connectivity index (χ4v) is 15.1. The predicted molar refractivity (Wildman–Crippen MR) is 354 cm³/mol. The minimum atomic E-state index is -0.0925. The van der Waals surface area contributed by atoms with E-state index in [1.54, 1.807) is 0 Å². The maximum absolute atomic E-state index is 2.74. The van der Waals surface area contributed by atoms with Crippen LogP contribution in [0.2, 0.25) is 0 Å². The van der Waals surface area contributed by atoms with Crippen molar-refractivity contribution in [1.29, 1.82) is 0 Å². The van der Waals surface area contributed by atoms with Crippen LogP contribution in [-0.4, -0.2) is 6.71 Å². The Balaban J connectivity index is 1.20. The van der Waals surface area contributed by atoms with Gasteiger partial charge >= 0.3 is 0 Å². The molecule has 9 aromatic rings. The van der Waals surface area contributed by atoms with Gasteiger partial charge in [-0.2, -0.15) is 0 Å². The zero-order chi connectivity index (χ0) is 57.6. The van der Waals surface area contributed by atoms with Crippen molar-refractivity contribution < 1.29 is 0 Å². The van der Waals surface area contributed by atoms with Crippen LogP contribution in [0.4, 0.5) is 51.2 Å². The van der Waals surface area contributed by atoms with Crippen LogP contribution in [-0.2, 0) is 32.5 Å². The molecule has 0 radical (unpaired) electrons. The molecule has 0 saturated carbocycles. The number of para-hydroxylation sites is 2. The third kappa shape index (κ3) is 8.76. The average molecular weight is 1070 g/mol.